The minimum Gasteiger partial charge on any atom is -0.399 e. The lowest BCUT2D eigenvalue weighted by molar-refractivity contribution is -0.129. The number of anilines is 1. The van der Waals surface area contributed by atoms with Crippen molar-refractivity contribution in [1.82, 2.24) is 16.0 Å². The second kappa shape index (κ2) is 17.3. The zero-order chi connectivity index (χ0) is 24.5. The molecular formula is C25H42N4O3S. The summed E-state index contributed by atoms with van der Waals surface area (Å²) in [5.74, 6) is -0.305. The molecule has 1 rings (SSSR count). The molecule has 0 aliphatic rings. The maximum absolute atomic E-state index is 12.8. The molecule has 3 amide bonds. The Morgan fingerprint density at radius 3 is 2.24 bits per heavy atom. The third-order valence-electron chi connectivity index (χ3n) is 5.39. The summed E-state index contributed by atoms with van der Waals surface area (Å²) in [4.78, 5) is 36.8. The van der Waals surface area contributed by atoms with Crippen LogP contribution >= 0.6 is 12.6 Å². The normalized spacial score (nSPS) is 12.6. The van der Waals surface area contributed by atoms with E-state index in [1.54, 1.807) is 12.1 Å². The van der Waals surface area contributed by atoms with E-state index in [2.05, 4.69) is 35.5 Å². The number of amides is 3. The monoisotopic (exact) mass is 478 g/mol. The molecule has 0 aromatic heterocycles. The van der Waals surface area contributed by atoms with Gasteiger partial charge < -0.3 is 21.7 Å². The molecule has 0 fully saturated rings. The van der Waals surface area contributed by atoms with Crippen LogP contribution in [0.4, 0.5) is 5.69 Å². The lowest BCUT2D eigenvalue weighted by Crippen LogP contribution is -2.48. The highest BCUT2D eigenvalue weighted by Gasteiger charge is 2.21. The van der Waals surface area contributed by atoms with Gasteiger partial charge in [0.2, 0.25) is 17.7 Å². The number of nitrogens with two attached hydrogens (primary N) is 1. The molecule has 186 valence electrons. The standard InChI is InChI=1S/C25H42N4O3S/c1-3-9-21(33)10-5-6-12-24(31)29-22(18-19-13-15-20(26)16-14-19)25(32)28-17-8-7-11-23(30)27-4-2/h13-16,21-22,33H,3-12,17-18,26H2,1-2H3,(H,27,30)(H,28,32)(H,29,31). The summed E-state index contributed by atoms with van der Waals surface area (Å²) in [6.45, 7) is 5.12. The molecule has 8 heteroatoms. The summed E-state index contributed by atoms with van der Waals surface area (Å²) >= 11 is 4.56. The molecule has 2 unspecified atom stereocenters. The van der Waals surface area contributed by atoms with Crippen molar-refractivity contribution in [3.8, 4) is 0 Å². The van der Waals surface area contributed by atoms with Gasteiger partial charge in [-0.15, -0.1) is 0 Å². The number of rotatable bonds is 17. The quantitative estimate of drug-likeness (QED) is 0.134. The van der Waals surface area contributed by atoms with E-state index in [1.165, 1.54) is 0 Å². The van der Waals surface area contributed by atoms with Gasteiger partial charge in [-0.3, -0.25) is 14.4 Å². The summed E-state index contributed by atoms with van der Waals surface area (Å²) in [6, 6.07) is 6.67. The first-order chi connectivity index (χ1) is 15.8. The van der Waals surface area contributed by atoms with Crippen LogP contribution < -0.4 is 21.7 Å². The molecule has 0 heterocycles. The zero-order valence-electron chi connectivity index (χ0n) is 20.2. The highest BCUT2D eigenvalue weighted by Crippen LogP contribution is 2.14. The first kappa shape index (κ1) is 28.8. The Kier molecular flexibility index (Phi) is 15.1. The molecule has 2 atom stereocenters. The van der Waals surface area contributed by atoms with Crippen LogP contribution in [0, 0.1) is 0 Å². The van der Waals surface area contributed by atoms with Gasteiger partial charge >= 0.3 is 0 Å². The van der Waals surface area contributed by atoms with Gasteiger partial charge in [-0.05, 0) is 56.7 Å². The minimum atomic E-state index is -0.651. The van der Waals surface area contributed by atoms with E-state index in [9.17, 15) is 14.4 Å². The first-order valence-corrected chi connectivity index (χ1v) is 12.7. The highest BCUT2D eigenvalue weighted by molar-refractivity contribution is 7.80. The number of thiol groups is 1. The molecule has 0 bridgehead atoms. The average Bonchev–Trinajstić information content (AvgIpc) is 2.77. The van der Waals surface area contributed by atoms with Crippen LogP contribution in [0.1, 0.15) is 77.2 Å². The molecular weight excluding hydrogens is 436 g/mol. The molecule has 33 heavy (non-hydrogen) atoms. The Morgan fingerprint density at radius 1 is 0.909 bits per heavy atom. The smallest absolute Gasteiger partial charge is 0.242 e. The third-order valence-corrected chi connectivity index (χ3v) is 5.90. The van der Waals surface area contributed by atoms with E-state index in [0.29, 0.717) is 56.1 Å². The predicted octanol–water partition coefficient (Wildman–Crippen LogP) is 3.38. The average molecular weight is 479 g/mol. The number of nitrogens with one attached hydrogen (secondary N) is 3. The second-order valence-corrected chi connectivity index (χ2v) is 9.19. The van der Waals surface area contributed by atoms with Gasteiger partial charge in [-0.2, -0.15) is 12.6 Å². The Morgan fingerprint density at radius 2 is 1.58 bits per heavy atom. The Balaban J connectivity index is 2.52. The number of carbonyl (C=O) groups is 3. The summed E-state index contributed by atoms with van der Waals surface area (Å²) < 4.78 is 0. The number of carbonyl (C=O) groups excluding carboxylic acids is 3. The van der Waals surface area contributed by atoms with Crippen LogP contribution in [0.3, 0.4) is 0 Å². The van der Waals surface area contributed by atoms with Crippen LogP contribution in [0.2, 0.25) is 0 Å². The lowest BCUT2D eigenvalue weighted by Gasteiger charge is -2.19. The second-order valence-electron chi connectivity index (χ2n) is 8.46. The van der Waals surface area contributed by atoms with Gasteiger partial charge in [0.1, 0.15) is 6.04 Å². The van der Waals surface area contributed by atoms with E-state index in [1.807, 2.05) is 19.1 Å². The van der Waals surface area contributed by atoms with Crippen LogP contribution in [0.5, 0.6) is 0 Å². The van der Waals surface area contributed by atoms with E-state index in [4.69, 9.17) is 5.73 Å². The number of unbranched alkanes of at least 4 members (excludes halogenated alkanes) is 2. The molecule has 0 aliphatic carbocycles. The molecule has 1 aromatic rings. The van der Waals surface area contributed by atoms with E-state index >= 15 is 0 Å². The van der Waals surface area contributed by atoms with Crippen molar-refractivity contribution < 1.29 is 14.4 Å². The van der Waals surface area contributed by atoms with Crippen LogP contribution in [0.25, 0.3) is 0 Å². The van der Waals surface area contributed by atoms with Crippen molar-refractivity contribution in [1.29, 1.82) is 0 Å². The zero-order valence-corrected chi connectivity index (χ0v) is 21.1. The lowest BCUT2D eigenvalue weighted by atomic mass is 10.0. The van der Waals surface area contributed by atoms with Gasteiger partial charge in [0.15, 0.2) is 0 Å². The summed E-state index contributed by atoms with van der Waals surface area (Å²) in [6.07, 6.45) is 7.56. The van der Waals surface area contributed by atoms with E-state index in [0.717, 1.165) is 37.7 Å². The Hall–Kier alpha value is -2.22. The molecule has 1 aromatic carbocycles. The van der Waals surface area contributed by atoms with Gasteiger partial charge in [0.05, 0.1) is 0 Å². The van der Waals surface area contributed by atoms with Gasteiger partial charge in [-0.25, -0.2) is 0 Å². The first-order valence-electron chi connectivity index (χ1n) is 12.2. The van der Waals surface area contributed by atoms with E-state index < -0.39 is 6.04 Å². The van der Waals surface area contributed by atoms with Crippen LogP contribution in [0.15, 0.2) is 24.3 Å². The third kappa shape index (κ3) is 13.8. The molecule has 0 aliphatic heterocycles. The molecule has 7 nitrogen and oxygen atoms in total. The number of benzene rings is 1. The van der Waals surface area contributed by atoms with Crippen LogP contribution in [-0.2, 0) is 20.8 Å². The molecule has 0 radical (unpaired) electrons. The van der Waals surface area contributed by atoms with Gasteiger partial charge in [-0.1, -0.05) is 31.9 Å². The SMILES string of the molecule is CCCC(S)CCCCC(=O)NC(Cc1ccc(N)cc1)C(=O)NCCCCC(=O)NCC. The summed E-state index contributed by atoms with van der Waals surface area (Å²) in [5, 5.41) is 8.95. The highest BCUT2D eigenvalue weighted by atomic mass is 32.1. The number of hydrogen-bond acceptors (Lipinski definition) is 5. The fraction of sp³-hybridized carbons (Fsp3) is 0.640. The van der Waals surface area contributed by atoms with E-state index in [-0.39, 0.29) is 17.7 Å². The molecule has 0 saturated heterocycles. The van der Waals surface area contributed by atoms with Crippen LogP contribution in [-0.4, -0.2) is 42.1 Å². The summed E-state index contributed by atoms with van der Waals surface area (Å²) in [7, 11) is 0. The fourth-order valence-electron chi connectivity index (χ4n) is 3.54. The summed E-state index contributed by atoms with van der Waals surface area (Å²) in [5.41, 5.74) is 7.34. The molecule has 0 spiro atoms. The van der Waals surface area contributed by atoms with Crippen molar-refractivity contribution in [2.45, 2.75) is 89.3 Å². The largest absolute Gasteiger partial charge is 0.399 e. The minimum absolute atomic E-state index is 0.0243. The maximum Gasteiger partial charge on any atom is 0.242 e. The van der Waals surface area contributed by atoms with Crippen molar-refractivity contribution in [2.75, 3.05) is 18.8 Å². The Labute approximate surface area is 204 Å². The van der Waals surface area contributed by atoms with Crippen molar-refractivity contribution >= 4 is 36.0 Å². The van der Waals surface area contributed by atoms with Crippen molar-refractivity contribution in [3.05, 3.63) is 29.8 Å². The van der Waals surface area contributed by atoms with Gasteiger partial charge in [0.25, 0.3) is 0 Å². The molecule has 5 N–H and O–H groups in total. The van der Waals surface area contributed by atoms with Crippen molar-refractivity contribution in [2.24, 2.45) is 0 Å². The Bertz CT molecular complexity index is 712. The van der Waals surface area contributed by atoms with Gasteiger partial charge in [0, 0.05) is 43.3 Å². The predicted molar refractivity (Wildman–Crippen MR) is 138 cm³/mol. The molecule has 0 saturated carbocycles. The number of hydrogen-bond donors (Lipinski definition) is 5. The topological polar surface area (TPSA) is 113 Å². The maximum atomic E-state index is 12.8. The fourth-order valence-corrected chi connectivity index (χ4v) is 3.98. The van der Waals surface area contributed by atoms with Crippen molar-refractivity contribution in [3.63, 3.8) is 0 Å². The number of nitrogen functional groups attached to an aromatic ring is 1.